The van der Waals surface area contributed by atoms with Crippen LogP contribution in [0.2, 0.25) is 0 Å². The summed E-state index contributed by atoms with van der Waals surface area (Å²) in [4.78, 5) is 29.6. The van der Waals surface area contributed by atoms with E-state index in [2.05, 4.69) is 10.3 Å². The lowest BCUT2D eigenvalue weighted by Crippen LogP contribution is -2.43. The second-order valence-electron chi connectivity index (χ2n) is 4.50. The molecule has 2 atom stereocenters. The molecule has 1 aliphatic rings. The molecular formula is C13H17N3O2. The van der Waals surface area contributed by atoms with Crippen molar-refractivity contribution in [3.05, 3.63) is 30.1 Å². The Labute approximate surface area is 106 Å². The Hall–Kier alpha value is -1.91. The van der Waals surface area contributed by atoms with Crippen LogP contribution in [0.25, 0.3) is 0 Å². The van der Waals surface area contributed by atoms with E-state index in [0.29, 0.717) is 13.0 Å². The Morgan fingerprint density at radius 2 is 2.22 bits per heavy atom. The minimum absolute atomic E-state index is 0.0565. The zero-order chi connectivity index (χ0) is 13.1. The lowest BCUT2D eigenvalue weighted by Gasteiger charge is -2.28. The van der Waals surface area contributed by atoms with Crippen molar-refractivity contribution < 1.29 is 9.59 Å². The van der Waals surface area contributed by atoms with Crippen molar-refractivity contribution in [3.63, 3.8) is 0 Å². The van der Waals surface area contributed by atoms with Crippen LogP contribution >= 0.6 is 0 Å². The van der Waals surface area contributed by atoms with E-state index >= 15 is 0 Å². The SMILES string of the molecule is CC1NC(=O)CCN(C(C)c2ccccn2)C1=O. The molecule has 1 aromatic heterocycles. The van der Waals surface area contributed by atoms with Crippen LogP contribution < -0.4 is 5.32 Å². The average molecular weight is 247 g/mol. The number of rotatable bonds is 2. The summed E-state index contributed by atoms with van der Waals surface area (Å²) < 4.78 is 0. The Morgan fingerprint density at radius 3 is 2.89 bits per heavy atom. The largest absolute Gasteiger partial charge is 0.345 e. The zero-order valence-electron chi connectivity index (χ0n) is 10.6. The number of carbonyl (C=O) groups is 2. The van der Waals surface area contributed by atoms with Crippen LogP contribution in [0.4, 0.5) is 0 Å². The third-order valence-electron chi connectivity index (χ3n) is 3.19. The van der Waals surface area contributed by atoms with Crippen molar-refractivity contribution in [2.24, 2.45) is 0 Å². The van der Waals surface area contributed by atoms with E-state index in [4.69, 9.17) is 0 Å². The van der Waals surface area contributed by atoms with E-state index in [0.717, 1.165) is 5.69 Å². The number of carbonyl (C=O) groups excluding carboxylic acids is 2. The normalized spacial score (nSPS) is 22.3. The van der Waals surface area contributed by atoms with E-state index in [-0.39, 0.29) is 17.9 Å². The molecular weight excluding hydrogens is 230 g/mol. The van der Waals surface area contributed by atoms with Crippen LogP contribution in [0.3, 0.4) is 0 Å². The lowest BCUT2D eigenvalue weighted by atomic mass is 10.1. The summed E-state index contributed by atoms with van der Waals surface area (Å²) in [6.07, 6.45) is 2.05. The summed E-state index contributed by atoms with van der Waals surface area (Å²) in [5.74, 6) is -0.134. The Morgan fingerprint density at radius 1 is 1.44 bits per heavy atom. The first kappa shape index (κ1) is 12.5. The maximum Gasteiger partial charge on any atom is 0.245 e. The maximum absolute atomic E-state index is 12.2. The van der Waals surface area contributed by atoms with Crippen LogP contribution in [-0.2, 0) is 9.59 Å². The molecule has 5 nitrogen and oxygen atoms in total. The van der Waals surface area contributed by atoms with Crippen LogP contribution in [-0.4, -0.2) is 34.3 Å². The number of pyridine rings is 1. The van der Waals surface area contributed by atoms with Gasteiger partial charge in [-0.25, -0.2) is 0 Å². The molecule has 2 heterocycles. The van der Waals surface area contributed by atoms with Gasteiger partial charge in [-0.2, -0.15) is 0 Å². The monoisotopic (exact) mass is 247 g/mol. The first-order chi connectivity index (χ1) is 8.59. The van der Waals surface area contributed by atoms with Crippen molar-refractivity contribution in [2.75, 3.05) is 6.54 Å². The van der Waals surface area contributed by atoms with Gasteiger partial charge in [-0.1, -0.05) is 6.07 Å². The van der Waals surface area contributed by atoms with E-state index in [1.54, 1.807) is 18.0 Å². The molecule has 5 heteroatoms. The molecule has 1 aromatic rings. The number of amides is 2. The van der Waals surface area contributed by atoms with Gasteiger partial charge < -0.3 is 10.2 Å². The van der Waals surface area contributed by atoms with Gasteiger partial charge >= 0.3 is 0 Å². The summed E-state index contributed by atoms with van der Waals surface area (Å²) >= 11 is 0. The quantitative estimate of drug-likeness (QED) is 0.843. The van der Waals surface area contributed by atoms with Crippen molar-refractivity contribution >= 4 is 11.8 Å². The molecule has 2 rings (SSSR count). The Bertz CT molecular complexity index is 447. The van der Waals surface area contributed by atoms with Gasteiger partial charge in [0, 0.05) is 19.2 Å². The molecule has 18 heavy (non-hydrogen) atoms. The third-order valence-corrected chi connectivity index (χ3v) is 3.19. The smallest absolute Gasteiger partial charge is 0.245 e. The van der Waals surface area contributed by atoms with Crippen LogP contribution in [0, 0.1) is 0 Å². The fourth-order valence-corrected chi connectivity index (χ4v) is 2.12. The standard InChI is InChI=1S/C13H17N3O2/c1-9-13(18)16(8-6-12(17)15-9)10(2)11-5-3-4-7-14-11/h3-5,7,9-10H,6,8H2,1-2H3,(H,15,17). The van der Waals surface area contributed by atoms with Crippen molar-refractivity contribution in [1.82, 2.24) is 15.2 Å². The van der Waals surface area contributed by atoms with Gasteiger partial charge in [0.15, 0.2) is 0 Å². The third kappa shape index (κ3) is 2.50. The molecule has 0 saturated carbocycles. The fraction of sp³-hybridized carbons (Fsp3) is 0.462. The van der Waals surface area contributed by atoms with Gasteiger partial charge in [0.25, 0.3) is 0 Å². The molecule has 2 amide bonds. The molecule has 0 spiro atoms. The summed E-state index contributed by atoms with van der Waals surface area (Å²) in [5.41, 5.74) is 0.840. The molecule has 0 radical (unpaired) electrons. The maximum atomic E-state index is 12.2. The van der Waals surface area contributed by atoms with E-state index in [1.807, 2.05) is 25.1 Å². The molecule has 2 unspecified atom stereocenters. The molecule has 0 aromatic carbocycles. The van der Waals surface area contributed by atoms with E-state index in [9.17, 15) is 9.59 Å². The van der Waals surface area contributed by atoms with Gasteiger partial charge in [0.2, 0.25) is 11.8 Å². The highest BCUT2D eigenvalue weighted by Crippen LogP contribution is 2.20. The summed E-state index contributed by atoms with van der Waals surface area (Å²) in [6, 6.07) is 5.05. The first-order valence-electron chi connectivity index (χ1n) is 6.10. The minimum Gasteiger partial charge on any atom is -0.345 e. The zero-order valence-corrected chi connectivity index (χ0v) is 10.6. The van der Waals surface area contributed by atoms with Crippen LogP contribution in [0.1, 0.15) is 32.0 Å². The average Bonchev–Trinajstić information content (AvgIpc) is 2.50. The second kappa shape index (κ2) is 5.16. The van der Waals surface area contributed by atoms with Crippen molar-refractivity contribution in [3.8, 4) is 0 Å². The van der Waals surface area contributed by atoms with Crippen molar-refractivity contribution in [2.45, 2.75) is 32.4 Å². The van der Waals surface area contributed by atoms with Crippen LogP contribution in [0.5, 0.6) is 0 Å². The van der Waals surface area contributed by atoms with Gasteiger partial charge in [0.05, 0.1) is 11.7 Å². The van der Waals surface area contributed by atoms with E-state index in [1.165, 1.54) is 0 Å². The number of nitrogens with one attached hydrogen (secondary N) is 1. The van der Waals surface area contributed by atoms with E-state index < -0.39 is 6.04 Å². The molecule has 1 saturated heterocycles. The lowest BCUT2D eigenvalue weighted by molar-refractivity contribution is -0.135. The molecule has 96 valence electrons. The van der Waals surface area contributed by atoms with Gasteiger partial charge in [-0.05, 0) is 26.0 Å². The molecule has 0 bridgehead atoms. The van der Waals surface area contributed by atoms with Crippen LogP contribution in [0.15, 0.2) is 24.4 Å². The fourth-order valence-electron chi connectivity index (χ4n) is 2.12. The van der Waals surface area contributed by atoms with Gasteiger partial charge in [-0.3, -0.25) is 14.6 Å². The molecule has 0 aliphatic carbocycles. The van der Waals surface area contributed by atoms with Gasteiger partial charge in [-0.15, -0.1) is 0 Å². The number of hydrogen-bond donors (Lipinski definition) is 1. The highest BCUT2D eigenvalue weighted by Gasteiger charge is 2.30. The summed E-state index contributed by atoms with van der Waals surface area (Å²) in [6.45, 7) is 4.08. The number of hydrogen-bond acceptors (Lipinski definition) is 3. The predicted octanol–water partition coefficient (Wildman–Crippen LogP) is 0.880. The highest BCUT2D eigenvalue weighted by molar-refractivity contribution is 5.89. The number of aromatic nitrogens is 1. The minimum atomic E-state index is -0.467. The van der Waals surface area contributed by atoms with Gasteiger partial charge in [0.1, 0.15) is 6.04 Å². The second-order valence-corrected chi connectivity index (χ2v) is 4.50. The topological polar surface area (TPSA) is 62.3 Å². The highest BCUT2D eigenvalue weighted by atomic mass is 16.2. The molecule has 1 aliphatic heterocycles. The van der Waals surface area contributed by atoms with Crippen molar-refractivity contribution in [1.29, 1.82) is 0 Å². The Balaban J connectivity index is 2.21. The first-order valence-corrected chi connectivity index (χ1v) is 6.10. The molecule has 1 fully saturated rings. The summed E-state index contributed by atoms with van der Waals surface area (Å²) in [5, 5.41) is 2.68. The molecule has 1 N–H and O–H groups in total. The number of nitrogens with zero attached hydrogens (tertiary/aromatic N) is 2. The predicted molar refractivity (Wildman–Crippen MR) is 66.6 cm³/mol. The Kier molecular flexibility index (Phi) is 3.60. The summed E-state index contributed by atoms with van der Waals surface area (Å²) in [7, 11) is 0.